The van der Waals surface area contributed by atoms with Crippen LogP contribution in [-0.2, 0) is 84.8 Å². The molecular formula is C79H128N18O17. The average Bonchev–Trinajstić information content (AvgIpc) is 1.63. The Balaban J connectivity index is 1.96. The van der Waals surface area contributed by atoms with Gasteiger partial charge in [0.05, 0.1) is 12.6 Å². The van der Waals surface area contributed by atoms with Gasteiger partial charge in [-0.3, -0.25) is 67.1 Å². The highest BCUT2D eigenvalue weighted by atomic mass is 16.4. The number of benzene rings is 2. The fraction of sp³-hybridized carbons (Fsp3) is 0.633. The average molecular weight is 1600 g/mol. The van der Waals surface area contributed by atoms with E-state index in [0.29, 0.717) is 60.6 Å². The van der Waals surface area contributed by atoms with Gasteiger partial charge in [-0.25, -0.2) is 4.79 Å². The van der Waals surface area contributed by atoms with Gasteiger partial charge >= 0.3 is 11.9 Å². The molecule has 0 fully saturated rings. The molecule has 0 radical (unpaired) electrons. The van der Waals surface area contributed by atoms with E-state index in [1.54, 1.807) is 116 Å². The summed E-state index contributed by atoms with van der Waals surface area (Å²) in [4.78, 5) is 210. The molecule has 0 saturated carbocycles. The fourth-order valence-corrected chi connectivity index (χ4v) is 12.6. The van der Waals surface area contributed by atoms with Crippen LogP contribution in [-0.4, -0.2) is 203 Å². The molecule has 0 bridgehead atoms. The second kappa shape index (κ2) is 51.6. The van der Waals surface area contributed by atoms with Crippen LogP contribution in [0.15, 0.2) is 60.8 Å². The van der Waals surface area contributed by atoms with Gasteiger partial charge in [-0.15, -0.1) is 0 Å². The third-order valence-electron chi connectivity index (χ3n) is 18.7. The summed E-state index contributed by atoms with van der Waals surface area (Å²) in [6.45, 7) is 17.6. The summed E-state index contributed by atoms with van der Waals surface area (Å²) in [6.07, 6.45) is 2.22. The first kappa shape index (κ1) is 98.1. The van der Waals surface area contributed by atoms with Crippen LogP contribution >= 0.6 is 0 Å². The summed E-state index contributed by atoms with van der Waals surface area (Å²) < 4.78 is 0. The molecular weight excluding hydrogens is 1470 g/mol. The first-order valence-electron chi connectivity index (χ1n) is 39.7. The van der Waals surface area contributed by atoms with Crippen LogP contribution in [0, 0.1) is 29.6 Å². The number of carboxylic acids is 2. The molecule has 13 amide bonds. The van der Waals surface area contributed by atoms with Gasteiger partial charge in [-0.2, -0.15) is 0 Å². The molecule has 0 aliphatic heterocycles. The molecule has 2 aromatic carbocycles. The molecule has 114 heavy (non-hydrogen) atoms. The van der Waals surface area contributed by atoms with E-state index in [9.17, 15) is 82.1 Å². The molecule has 0 aliphatic carbocycles. The highest BCUT2D eigenvalue weighted by Gasteiger charge is 2.38. The number of carbonyl (C=O) groups is 15. The molecule has 3 rings (SSSR count). The number of carbonyl (C=O) groups excluding carboxylic acids is 13. The van der Waals surface area contributed by atoms with Gasteiger partial charge in [0.15, 0.2) is 0 Å². The number of rotatable bonds is 56. The van der Waals surface area contributed by atoms with Crippen molar-refractivity contribution in [3.05, 3.63) is 71.9 Å². The molecule has 0 aliphatic rings. The number of para-hydroxylation sites is 1. The quantitative estimate of drug-likeness (QED) is 0.0335. The molecule has 636 valence electrons. The predicted molar refractivity (Wildman–Crippen MR) is 429 cm³/mol. The van der Waals surface area contributed by atoms with Crippen LogP contribution in [0.5, 0.6) is 0 Å². The lowest BCUT2D eigenvalue weighted by molar-refractivity contribution is -0.143. The summed E-state index contributed by atoms with van der Waals surface area (Å²) in [7, 11) is 0. The second-order valence-corrected chi connectivity index (χ2v) is 31.1. The van der Waals surface area contributed by atoms with E-state index in [0.717, 1.165) is 0 Å². The number of amides is 13. The lowest BCUT2D eigenvalue weighted by Crippen LogP contribution is -2.60. The lowest BCUT2D eigenvalue weighted by atomic mass is 9.98. The van der Waals surface area contributed by atoms with Gasteiger partial charge in [-0.05, 0) is 163 Å². The number of nitrogens with one attached hydrogen (secondary N) is 13. The number of hydrogen-bond acceptors (Lipinski definition) is 19. The van der Waals surface area contributed by atoms with Crippen molar-refractivity contribution in [3.8, 4) is 0 Å². The lowest BCUT2D eigenvalue weighted by Gasteiger charge is -2.29. The number of hydrogen-bond donors (Lipinski definition) is 20. The molecule has 35 heteroatoms. The van der Waals surface area contributed by atoms with E-state index in [2.05, 4.69) is 68.8 Å². The largest absolute Gasteiger partial charge is 0.481 e. The minimum atomic E-state index is -1.57. The first-order chi connectivity index (χ1) is 53.9. The smallest absolute Gasteiger partial charge is 0.326 e. The van der Waals surface area contributed by atoms with E-state index < -0.39 is 187 Å². The van der Waals surface area contributed by atoms with Crippen molar-refractivity contribution < 1.29 is 82.1 Å². The first-order valence-corrected chi connectivity index (χ1v) is 39.7. The van der Waals surface area contributed by atoms with E-state index in [4.69, 9.17) is 28.7 Å². The zero-order chi connectivity index (χ0) is 85.3. The van der Waals surface area contributed by atoms with Gasteiger partial charge in [0, 0.05) is 42.8 Å². The van der Waals surface area contributed by atoms with Crippen LogP contribution in [0.1, 0.15) is 190 Å². The van der Waals surface area contributed by atoms with Crippen LogP contribution in [0.4, 0.5) is 0 Å². The maximum absolute atomic E-state index is 14.9. The zero-order valence-corrected chi connectivity index (χ0v) is 67.8. The molecule has 1 heterocycles. The Bertz CT molecular complexity index is 3630. The van der Waals surface area contributed by atoms with Crippen molar-refractivity contribution in [2.24, 2.45) is 58.3 Å². The summed E-state index contributed by atoms with van der Waals surface area (Å²) in [5.74, 6) is -14.7. The fourth-order valence-electron chi connectivity index (χ4n) is 12.6. The number of nitrogens with two attached hydrogens (primary N) is 5. The maximum Gasteiger partial charge on any atom is 0.326 e. The van der Waals surface area contributed by atoms with Gasteiger partial charge in [0.25, 0.3) is 0 Å². The predicted octanol–water partition coefficient (Wildman–Crippen LogP) is 0.172. The van der Waals surface area contributed by atoms with Crippen LogP contribution in [0.3, 0.4) is 0 Å². The highest BCUT2D eigenvalue weighted by molar-refractivity contribution is 6.00. The number of aromatic amines is 1. The number of H-pyrrole nitrogens is 1. The SMILES string of the molecule is CC(C)C[C@H](NC(=O)CNC(=O)[C@H](Cc1c[nH]c2ccccc12)NC(=O)[C@H](CC(C)C)NC(=O)[C@H](CCCCN)NC(=O)[C@H](CCCCN)NC(=O)[C@H](CCC(=O)O)NC(=O)[C@H](Cc1ccccc1)NC(=O)[C@@H](N)CC(C)C)C(=O)N[C@@H](CCCCN)C(=O)N[C@H](C(=O)N[C@@H](CC(C)C)C(=O)N[C@@H](CCC(N)=O)C(=O)O)C(C)C. The van der Waals surface area contributed by atoms with Crippen molar-refractivity contribution in [2.45, 2.75) is 264 Å². The van der Waals surface area contributed by atoms with Crippen molar-refractivity contribution in [3.63, 3.8) is 0 Å². The molecule has 0 spiro atoms. The summed E-state index contributed by atoms with van der Waals surface area (Å²) in [5.41, 5.74) is 30.9. The molecule has 35 nitrogen and oxygen atoms in total. The Kier molecular flexibility index (Phi) is 44.4. The standard InChI is InChI=1S/C79H128N18O17/c1-44(2)36-52(83)68(102)93-62(40-49-22-12-11-13-23-49)77(111)91-57(30-32-66(100)101)72(106)89-54(26-16-19-33-80)70(104)88-55(27-17-20-34-81)71(105)94-60(38-46(5)6)76(110)95-63(41-50-42-85-53-25-15-14-24-51(50)53)69(103)86-43-65(99)87-59(37-45(3)4)74(108)90-56(28-18-21-35-82)73(107)97-67(48(9)10)78(112)96-61(39-47(7)8)75(109)92-58(79(113)114)29-31-64(84)98/h11-15,22-25,42,44-48,52,54-63,67,85H,16-21,26-41,43,80-83H2,1-10H3,(H2,84,98)(H,86,103)(H,87,99)(H,88,104)(H,89,106)(H,90,108)(H,91,111)(H,92,109)(H,93,102)(H,94,105)(H,95,110)(H,96,112)(H,97,107)(H,100,101)(H,113,114)/t52-,54-,55-,56-,57-,58-,59-,60-,61-,62-,63-,67-/m0/s1. The van der Waals surface area contributed by atoms with Crippen molar-refractivity contribution in [2.75, 3.05) is 26.2 Å². The third kappa shape index (κ3) is 36.8. The van der Waals surface area contributed by atoms with Crippen LogP contribution < -0.4 is 92.5 Å². The molecule has 1 aromatic heterocycles. The number of carboxylic acid groups (broad SMARTS) is 2. The molecule has 0 unspecified atom stereocenters. The van der Waals surface area contributed by atoms with E-state index in [-0.39, 0.29) is 114 Å². The van der Waals surface area contributed by atoms with Gasteiger partial charge in [0.1, 0.15) is 66.5 Å². The van der Waals surface area contributed by atoms with E-state index in [1.807, 2.05) is 13.8 Å². The number of primary amides is 1. The number of aromatic nitrogens is 1. The summed E-state index contributed by atoms with van der Waals surface area (Å²) >= 11 is 0. The van der Waals surface area contributed by atoms with Gasteiger partial charge < -0.3 is 108 Å². The molecule has 0 saturated heterocycles. The van der Waals surface area contributed by atoms with Crippen molar-refractivity contribution in [1.29, 1.82) is 0 Å². The highest BCUT2D eigenvalue weighted by Crippen LogP contribution is 2.21. The number of aliphatic carboxylic acids is 2. The van der Waals surface area contributed by atoms with E-state index in [1.165, 1.54) is 0 Å². The Morgan fingerprint density at radius 3 is 1.21 bits per heavy atom. The number of unbranched alkanes of at least 4 members (excludes halogenated alkanes) is 3. The molecule has 25 N–H and O–H groups in total. The number of fused-ring (bicyclic) bond motifs is 1. The topological polar surface area (TPSA) is 587 Å². The van der Waals surface area contributed by atoms with Gasteiger partial charge in [-0.1, -0.05) is 118 Å². The Hall–Kier alpha value is -10.1. The maximum atomic E-state index is 14.9. The van der Waals surface area contributed by atoms with Crippen molar-refractivity contribution in [1.82, 2.24) is 68.8 Å². The zero-order valence-electron chi connectivity index (χ0n) is 67.8. The van der Waals surface area contributed by atoms with E-state index >= 15 is 0 Å². The Morgan fingerprint density at radius 1 is 0.386 bits per heavy atom. The monoisotopic (exact) mass is 1600 g/mol. The third-order valence-corrected chi connectivity index (χ3v) is 18.7. The second-order valence-electron chi connectivity index (χ2n) is 31.1. The van der Waals surface area contributed by atoms with Crippen LogP contribution in [0.2, 0.25) is 0 Å². The summed E-state index contributed by atoms with van der Waals surface area (Å²) in [6, 6.07) is -0.269. The van der Waals surface area contributed by atoms with Crippen LogP contribution in [0.25, 0.3) is 10.9 Å². The minimum absolute atomic E-state index is 0.00522. The Morgan fingerprint density at radius 2 is 0.763 bits per heavy atom. The van der Waals surface area contributed by atoms with Gasteiger partial charge in [0.2, 0.25) is 76.8 Å². The molecule has 3 aromatic rings. The minimum Gasteiger partial charge on any atom is -0.481 e. The normalized spacial score (nSPS) is 14.6. The summed E-state index contributed by atoms with van der Waals surface area (Å²) in [5, 5.41) is 52.2. The van der Waals surface area contributed by atoms with Crippen molar-refractivity contribution >= 4 is 99.6 Å². The Labute approximate surface area is 667 Å². The molecule has 12 atom stereocenters.